The zero-order valence-electron chi connectivity index (χ0n) is 10.4. The molecule has 0 saturated heterocycles. The zero-order valence-corrected chi connectivity index (χ0v) is 12.7. The standard InChI is InChI=1S/C15H11BrClFO2/c16-10-2-1-3-11(18)14(10)15(17)9-4-5-12-13(8-9)20-7-6-19-12/h1-5,8,15H,6-7H2. The van der Waals surface area contributed by atoms with Gasteiger partial charge in [-0.1, -0.05) is 28.1 Å². The van der Waals surface area contributed by atoms with Crippen molar-refractivity contribution in [3.8, 4) is 11.5 Å². The van der Waals surface area contributed by atoms with E-state index in [4.69, 9.17) is 21.1 Å². The molecule has 2 nitrogen and oxygen atoms in total. The average molecular weight is 358 g/mol. The molecule has 0 saturated carbocycles. The van der Waals surface area contributed by atoms with E-state index in [1.54, 1.807) is 24.3 Å². The molecule has 1 unspecified atom stereocenters. The third-order valence-electron chi connectivity index (χ3n) is 3.11. The molecule has 0 aromatic heterocycles. The molecule has 1 aliphatic heterocycles. The van der Waals surface area contributed by atoms with Crippen LogP contribution in [0, 0.1) is 5.82 Å². The molecule has 1 aliphatic rings. The lowest BCUT2D eigenvalue weighted by Crippen LogP contribution is -2.15. The number of halogens is 3. The summed E-state index contributed by atoms with van der Waals surface area (Å²) in [5.74, 6) is 0.998. The van der Waals surface area contributed by atoms with Gasteiger partial charge in [0.05, 0.1) is 5.38 Å². The van der Waals surface area contributed by atoms with Crippen molar-refractivity contribution in [1.82, 2.24) is 0 Å². The van der Waals surface area contributed by atoms with Crippen molar-refractivity contribution in [2.24, 2.45) is 0 Å². The van der Waals surface area contributed by atoms with E-state index in [2.05, 4.69) is 15.9 Å². The molecule has 5 heteroatoms. The van der Waals surface area contributed by atoms with Crippen LogP contribution in [0.2, 0.25) is 0 Å². The lowest BCUT2D eigenvalue weighted by atomic mass is 10.0. The van der Waals surface area contributed by atoms with Crippen molar-refractivity contribution < 1.29 is 13.9 Å². The van der Waals surface area contributed by atoms with Gasteiger partial charge in [0, 0.05) is 10.0 Å². The van der Waals surface area contributed by atoms with Crippen LogP contribution in [0.5, 0.6) is 11.5 Å². The summed E-state index contributed by atoms with van der Waals surface area (Å²) in [6, 6.07) is 10.2. The van der Waals surface area contributed by atoms with E-state index in [1.807, 2.05) is 6.07 Å². The molecular formula is C15H11BrClFO2. The maximum absolute atomic E-state index is 14.0. The van der Waals surface area contributed by atoms with Crippen LogP contribution in [0.25, 0.3) is 0 Å². The minimum Gasteiger partial charge on any atom is -0.486 e. The fraction of sp³-hybridized carbons (Fsp3) is 0.200. The highest BCUT2D eigenvalue weighted by molar-refractivity contribution is 9.10. The number of alkyl halides is 1. The van der Waals surface area contributed by atoms with E-state index in [1.165, 1.54) is 6.07 Å². The number of rotatable bonds is 2. The molecule has 20 heavy (non-hydrogen) atoms. The Balaban J connectivity index is 2.00. The number of fused-ring (bicyclic) bond motifs is 1. The van der Waals surface area contributed by atoms with E-state index in [0.29, 0.717) is 34.7 Å². The summed E-state index contributed by atoms with van der Waals surface area (Å²) in [4.78, 5) is 0. The third-order valence-corrected chi connectivity index (χ3v) is 4.27. The van der Waals surface area contributed by atoms with Gasteiger partial charge in [0.15, 0.2) is 11.5 Å². The maximum Gasteiger partial charge on any atom is 0.161 e. The van der Waals surface area contributed by atoms with Gasteiger partial charge in [-0.05, 0) is 29.8 Å². The van der Waals surface area contributed by atoms with Crippen LogP contribution in [0.15, 0.2) is 40.9 Å². The summed E-state index contributed by atoms with van der Waals surface area (Å²) in [5.41, 5.74) is 1.19. The molecule has 2 aromatic rings. The normalized spacial score (nSPS) is 14.9. The monoisotopic (exact) mass is 356 g/mol. The molecule has 0 amide bonds. The van der Waals surface area contributed by atoms with E-state index in [0.717, 1.165) is 5.56 Å². The van der Waals surface area contributed by atoms with Crippen LogP contribution in [-0.4, -0.2) is 13.2 Å². The van der Waals surface area contributed by atoms with Gasteiger partial charge < -0.3 is 9.47 Å². The van der Waals surface area contributed by atoms with Crippen LogP contribution in [0.4, 0.5) is 4.39 Å². The van der Waals surface area contributed by atoms with Gasteiger partial charge in [0.2, 0.25) is 0 Å². The maximum atomic E-state index is 14.0. The lowest BCUT2D eigenvalue weighted by molar-refractivity contribution is 0.171. The summed E-state index contributed by atoms with van der Waals surface area (Å²) >= 11 is 9.76. The molecule has 104 valence electrons. The molecule has 2 aromatic carbocycles. The summed E-state index contributed by atoms with van der Waals surface area (Å²) in [6.07, 6.45) is 0. The van der Waals surface area contributed by atoms with Crippen molar-refractivity contribution in [1.29, 1.82) is 0 Å². The molecule has 0 radical (unpaired) electrons. The van der Waals surface area contributed by atoms with Crippen LogP contribution in [0.3, 0.4) is 0 Å². The van der Waals surface area contributed by atoms with Crippen LogP contribution >= 0.6 is 27.5 Å². The predicted octanol–water partition coefficient (Wildman–Crippen LogP) is 4.69. The number of hydrogen-bond donors (Lipinski definition) is 0. The fourth-order valence-electron chi connectivity index (χ4n) is 2.14. The SMILES string of the molecule is Fc1cccc(Br)c1C(Cl)c1ccc2c(c1)OCCO2. The minimum absolute atomic E-state index is 0.339. The second kappa shape index (κ2) is 5.62. The van der Waals surface area contributed by atoms with Gasteiger partial charge in [-0.25, -0.2) is 4.39 Å². The van der Waals surface area contributed by atoms with Gasteiger partial charge >= 0.3 is 0 Å². The Kier molecular flexibility index (Phi) is 3.85. The first-order chi connectivity index (χ1) is 9.66. The number of ether oxygens (including phenoxy) is 2. The Labute approximate surface area is 129 Å². The summed E-state index contributed by atoms with van der Waals surface area (Å²) < 4.78 is 25.6. The molecule has 0 bridgehead atoms. The van der Waals surface area contributed by atoms with Gasteiger partial charge in [-0.3, -0.25) is 0 Å². The van der Waals surface area contributed by atoms with Gasteiger partial charge in [-0.15, -0.1) is 11.6 Å². The van der Waals surface area contributed by atoms with Gasteiger partial charge in [0.25, 0.3) is 0 Å². The lowest BCUT2D eigenvalue weighted by Gasteiger charge is -2.20. The number of hydrogen-bond acceptors (Lipinski definition) is 2. The second-order valence-electron chi connectivity index (χ2n) is 4.40. The predicted molar refractivity (Wildman–Crippen MR) is 79.2 cm³/mol. The highest BCUT2D eigenvalue weighted by Gasteiger charge is 2.21. The first-order valence-electron chi connectivity index (χ1n) is 6.14. The van der Waals surface area contributed by atoms with Crippen molar-refractivity contribution >= 4 is 27.5 Å². The topological polar surface area (TPSA) is 18.5 Å². The quantitative estimate of drug-likeness (QED) is 0.726. The fourth-order valence-corrected chi connectivity index (χ4v) is 3.20. The highest BCUT2D eigenvalue weighted by Crippen LogP contribution is 2.39. The van der Waals surface area contributed by atoms with E-state index in [9.17, 15) is 4.39 Å². The minimum atomic E-state index is -0.596. The van der Waals surface area contributed by atoms with Gasteiger partial charge in [-0.2, -0.15) is 0 Å². The summed E-state index contributed by atoms with van der Waals surface area (Å²) in [7, 11) is 0. The smallest absolute Gasteiger partial charge is 0.161 e. The molecular weight excluding hydrogens is 347 g/mol. The van der Waals surface area contributed by atoms with Crippen molar-refractivity contribution in [3.05, 3.63) is 57.8 Å². The Morgan fingerprint density at radius 1 is 1.10 bits per heavy atom. The van der Waals surface area contributed by atoms with Gasteiger partial charge in [0.1, 0.15) is 19.0 Å². The second-order valence-corrected chi connectivity index (χ2v) is 5.69. The van der Waals surface area contributed by atoms with Crippen LogP contribution in [0.1, 0.15) is 16.5 Å². The third kappa shape index (κ3) is 2.50. The largest absolute Gasteiger partial charge is 0.486 e. The van der Waals surface area contributed by atoms with Crippen molar-refractivity contribution in [3.63, 3.8) is 0 Å². The first-order valence-corrected chi connectivity index (χ1v) is 7.37. The zero-order chi connectivity index (χ0) is 14.1. The molecule has 0 fully saturated rings. The first kappa shape index (κ1) is 13.7. The van der Waals surface area contributed by atoms with Crippen LogP contribution < -0.4 is 9.47 Å². The molecule has 3 rings (SSSR count). The Morgan fingerprint density at radius 3 is 2.60 bits per heavy atom. The average Bonchev–Trinajstić information content (AvgIpc) is 2.46. The molecule has 1 atom stereocenters. The number of benzene rings is 2. The van der Waals surface area contributed by atoms with E-state index < -0.39 is 5.38 Å². The molecule has 0 aliphatic carbocycles. The highest BCUT2D eigenvalue weighted by atomic mass is 79.9. The van der Waals surface area contributed by atoms with Crippen LogP contribution in [-0.2, 0) is 0 Å². The molecule has 0 spiro atoms. The van der Waals surface area contributed by atoms with Crippen molar-refractivity contribution in [2.45, 2.75) is 5.38 Å². The van der Waals surface area contributed by atoms with E-state index in [-0.39, 0.29) is 5.82 Å². The molecule has 1 heterocycles. The Morgan fingerprint density at radius 2 is 1.85 bits per heavy atom. The molecule has 0 N–H and O–H groups in total. The van der Waals surface area contributed by atoms with Crippen molar-refractivity contribution in [2.75, 3.05) is 13.2 Å². The Bertz CT molecular complexity index is 628. The Hall–Kier alpha value is -1.26. The summed E-state index contributed by atoms with van der Waals surface area (Å²) in [5, 5.41) is -0.596. The summed E-state index contributed by atoms with van der Waals surface area (Å²) in [6.45, 7) is 1.04. The van der Waals surface area contributed by atoms with E-state index >= 15 is 0 Å².